The van der Waals surface area contributed by atoms with E-state index in [-0.39, 0.29) is 0 Å². The highest BCUT2D eigenvalue weighted by Gasteiger charge is 2.30. The largest absolute Gasteiger partial charge is 0.489 e. The van der Waals surface area contributed by atoms with E-state index in [4.69, 9.17) is 18.9 Å². The first-order valence-electron chi connectivity index (χ1n) is 22.7. The maximum atomic E-state index is 6.83. The second-order valence-corrected chi connectivity index (χ2v) is 19.9. The summed E-state index contributed by atoms with van der Waals surface area (Å²) in [6.45, 7) is 6.51. The van der Waals surface area contributed by atoms with Crippen molar-refractivity contribution in [2.45, 2.75) is 33.1 Å². The molecule has 0 saturated carbocycles. The molecule has 65 heavy (non-hydrogen) atoms. The van der Waals surface area contributed by atoms with Crippen molar-refractivity contribution in [3.05, 3.63) is 166 Å². The fourth-order valence-corrected chi connectivity index (χ4v) is 13.0. The third-order valence-corrected chi connectivity index (χ3v) is 15.9. The molecular weight excluding hydrogens is 837 g/mol. The molecule has 3 aliphatic rings. The fraction of sp³-hybridized carbons (Fsp3) is 0.153. The first-order valence-corrected chi connectivity index (χ1v) is 24.3. The van der Waals surface area contributed by atoms with Crippen LogP contribution in [0.5, 0.6) is 23.0 Å². The van der Waals surface area contributed by atoms with E-state index in [9.17, 15) is 0 Å². The SMILES string of the molecule is Cc1sc(-c2cc3ccccc3c3c2OCCOc2ccc4ccccc4c2-3)cc1C1=C(c2cc(-c3cc4ccccc4c4c3OCCOc3ccc5ccccc5c3-4)sc2C)CCC1. The molecular formula is C59H44O4S2. The third-order valence-electron chi connectivity index (χ3n) is 13.7. The Balaban J connectivity index is 0.964. The summed E-state index contributed by atoms with van der Waals surface area (Å²) in [4.78, 5) is 5.13. The van der Waals surface area contributed by atoms with Crippen molar-refractivity contribution in [1.29, 1.82) is 0 Å². The molecule has 4 nitrogen and oxygen atoms in total. The lowest BCUT2D eigenvalue weighted by Crippen LogP contribution is -2.13. The Morgan fingerprint density at radius 1 is 0.369 bits per heavy atom. The Morgan fingerprint density at radius 3 is 1.20 bits per heavy atom. The molecule has 2 aromatic heterocycles. The van der Waals surface area contributed by atoms with E-state index in [2.05, 4.69) is 159 Å². The van der Waals surface area contributed by atoms with Crippen LogP contribution < -0.4 is 18.9 Å². The molecule has 6 heteroatoms. The monoisotopic (exact) mass is 880 g/mol. The number of fused-ring (bicyclic) bond motifs is 14. The summed E-state index contributed by atoms with van der Waals surface area (Å²) >= 11 is 3.76. The first-order chi connectivity index (χ1) is 32.1. The lowest BCUT2D eigenvalue weighted by Gasteiger charge is -2.24. The first kappa shape index (κ1) is 38.6. The zero-order valence-electron chi connectivity index (χ0n) is 36.3. The van der Waals surface area contributed by atoms with Crippen molar-refractivity contribution in [2.24, 2.45) is 0 Å². The number of hydrogen-bond donors (Lipinski definition) is 0. The van der Waals surface area contributed by atoms with Gasteiger partial charge in [-0.15, -0.1) is 22.7 Å². The van der Waals surface area contributed by atoms with Gasteiger partial charge in [0.15, 0.2) is 0 Å². The molecule has 316 valence electrons. The fourth-order valence-electron chi connectivity index (χ4n) is 10.8. The molecule has 0 N–H and O–H groups in total. The molecule has 2 aliphatic heterocycles. The average molecular weight is 881 g/mol. The van der Waals surface area contributed by atoms with Crippen molar-refractivity contribution >= 4 is 76.9 Å². The quantitative estimate of drug-likeness (QED) is 0.176. The van der Waals surface area contributed by atoms with Crippen LogP contribution in [-0.4, -0.2) is 26.4 Å². The highest BCUT2D eigenvalue weighted by molar-refractivity contribution is 7.16. The van der Waals surface area contributed by atoms with Gasteiger partial charge in [0.2, 0.25) is 0 Å². The molecule has 0 unspecified atom stereocenters. The smallest absolute Gasteiger partial charge is 0.136 e. The van der Waals surface area contributed by atoms with Gasteiger partial charge in [-0.3, -0.25) is 0 Å². The van der Waals surface area contributed by atoms with E-state index >= 15 is 0 Å². The summed E-state index contributed by atoms with van der Waals surface area (Å²) in [6.07, 6.45) is 3.24. The van der Waals surface area contributed by atoms with Crippen LogP contribution in [0, 0.1) is 13.8 Å². The van der Waals surface area contributed by atoms with Crippen molar-refractivity contribution in [3.63, 3.8) is 0 Å². The molecule has 1 aliphatic carbocycles. The van der Waals surface area contributed by atoms with Gasteiger partial charge in [-0.05, 0) is 135 Å². The highest BCUT2D eigenvalue weighted by atomic mass is 32.1. The van der Waals surface area contributed by atoms with Gasteiger partial charge in [0.1, 0.15) is 49.4 Å². The van der Waals surface area contributed by atoms with Crippen LogP contribution in [0.25, 0.3) is 97.4 Å². The summed E-state index contributed by atoms with van der Waals surface area (Å²) in [5.74, 6) is 3.68. The number of aryl methyl sites for hydroxylation is 2. The molecule has 10 aromatic rings. The Kier molecular flexibility index (Phi) is 9.14. The lowest BCUT2D eigenvalue weighted by molar-refractivity contribution is 0.215. The minimum Gasteiger partial charge on any atom is -0.489 e. The maximum absolute atomic E-state index is 6.83. The molecule has 4 heterocycles. The van der Waals surface area contributed by atoms with Crippen LogP contribution in [-0.2, 0) is 0 Å². The molecule has 0 spiro atoms. The number of benzene rings is 8. The Bertz CT molecular complexity index is 3390. The topological polar surface area (TPSA) is 36.9 Å². The summed E-state index contributed by atoms with van der Waals surface area (Å²) in [6, 6.07) is 52.9. The van der Waals surface area contributed by atoms with Gasteiger partial charge in [0.25, 0.3) is 0 Å². The number of hydrogen-bond acceptors (Lipinski definition) is 6. The van der Waals surface area contributed by atoms with E-state index < -0.39 is 0 Å². The van der Waals surface area contributed by atoms with Crippen LogP contribution in [0.2, 0.25) is 0 Å². The van der Waals surface area contributed by atoms with Gasteiger partial charge in [-0.2, -0.15) is 0 Å². The van der Waals surface area contributed by atoms with E-state index in [0.29, 0.717) is 26.4 Å². The Labute approximate surface area is 385 Å². The number of allylic oxidation sites excluding steroid dienone is 2. The van der Waals surface area contributed by atoms with Crippen LogP contribution in [0.3, 0.4) is 0 Å². The molecule has 0 atom stereocenters. The zero-order chi connectivity index (χ0) is 43.2. The second kappa shape index (κ2) is 15.4. The number of thiophene rings is 2. The highest BCUT2D eigenvalue weighted by Crippen LogP contribution is 2.55. The van der Waals surface area contributed by atoms with Gasteiger partial charge in [-0.25, -0.2) is 0 Å². The third kappa shape index (κ3) is 6.22. The summed E-state index contributed by atoms with van der Waals surface area (Å²) < 4.78 is 26.5. The van der Waals surface area contributed by atoms with Gasteiger partial charge in [0, 0.05) is 52.9 Å². The molecule has 8 aromatic carbocycles. The zero-order valence-corrected chi connectivity index (χ0v) is 37.9. The minimum absolute atomic E-state index is 0.471. The van der Waals surface area contributed by atoms with Crippen molar-refractivity contribution in [3.8, 4) is 66.1 Å². The molecule has 0 fully saturated rings. The van der Waals surface area contributed by atoms with Gasteiger partial charge in [-0.1, -0.05) is 109 Å². The maximum Gasteiger partial charge on any atom is 0.136 e. The van der Waals surface area contributed by atoms with E-state index in [1.165, 1.54) is 84.9 Å². The number of rotatable bonds is 4. The molecule has 0 radical (unpaired) electrons. The van der Waals surface area contributed by atoms with E-state index in [0.717, 1.165) is 75.6 Å². The van der Waals surface area contributed by atoms with Gasteiger partial charge in [0.05, 0.1) is 0 Å². The molecule has 13 rings (SSSR count). The van der Waals surface area contributed by atoms with E-state index in [1.54, 1.807) is 0 Å². The number of ether oxygens (including phenoxy) is 4. The van der Waals surface area contributed by atoms with Crippen molar-refractivity contribution in [1.82, 2.24) is 0 Å². The summed E-state index contributed by atoms with van der Waals surface area (Å²) in [5, 5.41) is 9.43. The van der Waals surface area contributed by atoms with Crippen LogP contribution in [0.4, 0.5) is 0 Å². The van der Waals surface area contributed by atoms with Gasteiger partial charge >= 0.3 is 0 Å². The summed E-state index contributed by atoms with van der Waals surface area (Å²) in [7, 11) is 0. The predicted octanol–water partition coefficient (Wildman–Crippen LogP) is 16.3. The molecule has 0 amide bonds. The standard InChI is InChI=1S/C59H44O4S2/c1-34-46(32-52(64-34)48-30-38-14-5-9-18-42(38)56-54-40-16-7-3-12-36(40)22-24-50(54)60-26-28-62-58(48)56)44-20-11-21-45(44)47-33-53(65-35(47)2)49-31-39-15-6-10-19-43(39)57-55-41-17-8-4-13-37(41)23-25-51(55)61-27-29-63-59(49)57/h3-10,12-19,22-25,30-33H,11,20-21,26-29H2,1-2H3. The van der Waals surface area contributed by atoms with E-state index in [1.807, 2.05) is 22.7 Å². The van der Waals surface area contributed by atoms with Crippen LogP contribution in [0.15, 0.2) is 146 Å². The minimum atomic E-state index is 0.471. The average Bonchev–Trinajstić information content (AvgIpc) is 4.07. The van der Waals surface area contributed by atoms with Gasteiger partial charge < -0.3 is 18.9 Å². The van der Waals surface area contributed by atoms with Crippen molar-refractivity contribution < 1.29 is 18.9 Å². The molecule has 0 saturated heterocycles. The summed E-state index contributed by atoms with van der Waals surface area (Å²) in [5.41, 5.74) is 12.3. The van der Waals surface area contributed by atoms with Crippen LogP contribution >= 0.6 is 22.7 Å². The predicted molar refractivity (Wildman–Crippen MR) is 273 cm³/mol. The molecule has 0 bridgehead atoms. The Morgan fingerprint density at radius 2 is 0.754 bits per heavy atom. The van der Waals surface area contributed by atoms with Crippen molar-refractivity contribution in [2.75, 3.05) is 26.4 Å². The second-order valence-electron chi connectivity index (χ2n) is 17.4. The Hall–Kier alpha value is -6.86. The van der Waals surface area contributed by atoms with Crippen LogP contribution in [0.1, 0.15) is 40.1 Å². The lowest BCUT2D eigenvalue weighted by atomic mass is 9.89. The normalized spacial score (nSPS) is 14.6.